The summed E-state index contributed by atoms with van der Waals surface area (Å²) in [7, 11) is 2.86. The zero-order valence-corrected chi connectivity index (χ0v) is 17.7. The van der Waals surface area contributed by atoms with E-state index in [2.05, 4.69) is 23.8 Å². The Morgan fingerprint density at radius 2 is 1.64 bits per heavy atom. The van der Waals surface area contributed by atoms with Crippen LogP contribution in [-0.4, -0.2) is 42.5 Å². The maximum absolute atomic E-state index is 9.10. The van der Waals surface area contributed by atoms with Crippen LogP contribution in [0, 0.1) is 6.92 Å². The van der Waals surface area contributed by atoms with E-state index in [9.17, 15) is 0 Å². The Hall–Kier alpha value is 0.124. The van der Waals surface area contributed by atoms with Gasteiger partial charge >= 0.3 is 0 Å². The predicted octanol–water partition coefficient (Wildman–Crippen LogP) is 2.51. The number of hydrogen-bond donors (Lipinski definition) is 4. The molecular weight excluding hydrogens is 359 g/mol. The van der Waals surface area contributed by atoms with Crippen molar-refractivity contribution in [3.8, 4) is 0 Å². The number of ether oxygens (including phenoxy) is 1. The maximum atomic E-state index is 9.10. The van der Waals surface area contributed by atoms with Crippen LogP contribution >= 0.6 is 0 Å². The van der Waals surface area contributed by atoms with Gasteiger partial charge in [0.2, 0.25) is 0 Å². The summed E-state index contributed by atoms with van der Waals surface area (Å²) < 4.78 is 4.10. The van der Waals surface area contributed by atoms with E-state index in [-0.39, 0.29) is 45.6 Å². The largest absolute Gasteiger partial charge is 0.393 e. The van der Waals surface area contributed by atoms with E-state index in [1.807, 2.05) is 32.9 Å². The van der Waals surface area contributed by atoms with Crippen molar-refractivity contribution in [2.45, 2.75) is 46.6 Å². The second-order valence-corrected chi connectivity index (χ2v) is 3.96. The van der Waals surface area contributed by atoms with Crippen molar-refractivity contribution < 1.29 is 52.9 Å². The van der Waals surface area contributed by atoms with Gasteiger partial charge in [0.05, 0.1) is 6.10 Å². The fourth-order valence-corrected chi connectivity index (χ4v) is 1.25. The molecule has 4 N–H and O–H groups in total. The molecule has 1 unspecified atom stereocenters. The monoisotopic (exact) mass is 392 g/mol. The second kappa shape index (κ2) is 26.0. The molecule has 0 heterocycles. The first-order valence-electron chi connectivity index (χ1n) is 7.16. The minimum Gasteiger partial charge on any atom is -0.393 e. The van der Waals surface area contributed by atoms with Crippen LogP contribution in [-0.2, 0) is 43.9 Å². The SMILES string of the molecule is CC.CNO.COCO.Cc1ccccc1CCC(C)O.[Y]. The molecule has 1 atom stereocenters. The summed E-state index contributed by atoms with van der Waals surface area (Å²) in [5.74, 6) is 0. The van der Waals surface area contributed by atoms with E-state index in [0.29, 0.717) is 0 Å². The van der Waals surface area contributed by atoms with E-state index >= 15 is 0 Å². The summed E-state index contributed by atoms with van der Waals surface area (Å²) in [6.45, 7) is 7.76. The molecule has 22 heavy (non-hydrogen) atoms. The molecule has 0 fully saturated rings. The summed E-state index contributed by atoms with van der Waals surface area (Å²) in [6.07, 6.45) is 1.64. The molecule has 0 amide bonds. The second-order valence-electron chi connectivity index (χ2n) is 3.96. The topological polar surface area (TPSA) is 82.0 Å². The van der Waals surface area contributed by atoms with Crippen molar-refractivity contribution in [2.75, 3.05) is 21.0 Å². The van der Waals surface area contributed by atoms with E-state index in [1.54, 1.807) is 5.48 Å². The third-order valence-electron chi connectivity index (χ3n) is 2.22. The van der Waals surface area contributed by atoms with Gasteiger partial charge in [0.1, 0.15) is 6.79 Å². The Balaban J connectivity index is -0.000000137. The van der Waals surface area contributed by atoms with Crippen LogP contribution in [0.15, 0.2) is 24.3 Å². The summed E-state index contributed by atoms with van der Waals surface area (Å²) in [5.41, 5.74) is 4.41. The van der Waals surface area contributed by atoms with Gasteiger partial charge in [0.25, 0.3) is 0 Å². The van der Waals surface area contributed by atoms with Crippen molar-refractivity contribution in [2.24, 2.45) is 0 Å². The van der Waals surface area contributed by atoms with E-state index < -0.39 is 0 Å². The summed E-state index contributed by atoms with van der Waals surface area (Å²) in [4.78, 5) is 0. The van der Waals surface area contributed by atoms with Crippen LogP contribution in [0.3, 0.4) is 0 Å². The number of nitrogens with one attached hydrogen (secondary N) is 1. The van der Waals surface area contributed by atoms with Crippen molar-refractivity contribution in [1.82, 2.24) is 5.48 Å². The molecule has 0 aliphatic carbocycles. The fourth-order valence-electron chi connectivity index (χ4n) is 1.25. The third-order valence-corrected chi connectivity index (χ3v) is 2.22. The van der Waals surface area contributed by atoms with Gasteiger partial charge in [-0.1, -0.05) is 38.1 Å². The normalized spacial score (nSPS) is 9.50. The van der Waals surface area contributed by atoms with Gasteiger partial charge in [0.15, 0.2) is 0 Å². The standard InChI is InChI=1S/C11H16O.C2H6O2.C2H6.CH5NO.Y/c1-9-5-3-4-6-11(9)8-7-10(2)12;1-4-2-3;1-2;1-2-3;/h3-6,10,12H,7-8H2,1-2H3;3H,2H2,1H3;1-2H3;2-3H,1H3;. The minimum absolute atomic E-state index is 0. The van der Waals surface area contributed by atoms with E-state index in [1.165, 1.54) is 25.3 Å². The van der Waals surface area contributed by atoms with Crippen LogP contribution in [0.25, 0.3) is 0 Å². The number of hydroxylamine groups is 1. The number of aliphatic hydroxyl groups excluding tert-OH is 2. The molecule has 5 nitrogen and oxygen atoms in total. The number of methoxy groups -OCH3 is 1. The van der Waals surface area contributed by atoms with Gasteiger partial charge < -0.3 is 20.2 Å². The van der Waals surface area contributed by atoms with Gasteiger partial charge in [0, 0.05) is 46.9 Å². The molecule has 1 aromatic carbocycles. The van der Waals surface area contributed by atoms with E-state index in [0.717, 1.165) is 12.8 Å². The van der Waals surface area contributed by atoms with Crippen molar-refractivity contribution in [1.29, 1.82) is 0 Å². The first-order chi connectivity index (χ1) is 10.0. The first kappa shape index (κ1) is 30.1. The summed E-state index contributed by atoms with van der Waals surface area (Å²) >= 11 is 0. The molecule has 0 aromatic heterocycles. The number of hydrogen-bond acceptors (Lipinski definition) is 5. The molecule has 0 aliphatic rings. The smallest absolute Gasteiger partial charge is 0.143 e. The summed E-state index contributed by atoms with van der Waals surface area (Å²) in [6, 6.07) is 8.32. The van der Waals surface area contributed by atoms with Crippen LogP contribution in [0.5, 0.6) is 0 Å². The van der Waals surface area contributed by atoms with Crippen molar-refractivity contribution >= 4 is 0 Å². The third kappa shape index (κ3) is 25.1. The molecule has 1 radical (unpaired) electrons. The van der Waals surface area contributed by atoms with Crippen LogP contribution in [0.2, 0.25) is 0 Å². The molecule has 0 saturated carbocycles. The fraction of sp³-hybridized carbons (Fsp3) is 0.625. The average Bonchev–Trinajstić information content (AvgIpc) is 2.49. The number of aliphatic hydroxyl groups is 2. The molecular formula is C16H33NO4Y. The Labute approximate surface area is 160 Å². The molecule has 0 aliphatic heterocycles. The average molecular weight is 392 g/mol. The Morgan fingerprint density at radius 1 is 1.23 bits per heavy atom. The van der Waals surface area contributed by atoms with Gasteiger partial charge in [-0.05, 0) is 37.8 Å². The molecule has 129 valence electrons. The Bertz CT molecular complexity index is 297. The van der Waals surface area contributed by atoms with Crippen LogP contribution < -0.4 is 5.48 Å². The predicted molar refractivity (Wildman–Crippen MR) is 87.5 cm³/mol. The van der Waals surface area contributed by atoms with Gasteiger partial charge in [-0.3, -0.25) is 0 Å². The molecule has 1 rings (SSSR count). The minimum atomic E-state index is -0.190. The van der Waals surface area contributed by atoms with Gasteiger partial charge in [-0.15, -0.1) is 0 Å². The zero-order chi connectivity index (χ0) is 17.1. The Kier molecular flexibility index (Phi) is 35.6. The molecule has 6 heteroatoms. The molecule has 0 bridgehead atoms. The van der Waals surface area contributed by atoms with Crippen molar-refractivity contribution in [3.63, 3.8) is 0 Å². The molecule has 0 spiro atoms. The Morgan fingerprint density at radius 3 is 1.95 bits per heavy atom. The molecule has 1 aromatic rings. The van der Waals surface area contributed by atoms with E-state index in [4.69, 9.17) is 15.4 Å². The number of rotatable bonds is 4. The number of aryl methyl sites for hydroxylation is 2. The van der Waals surface area contributed by atoms with Crippen molar-refractivity contribution in [3.05, 3.63) is 35.4 Å². The van der Waals surface area contributed by atoms with Gasteiger partial charge in [-0.25, -0.2) is 5.48 Å². The molecule has 0 saturated heterocycles. The summed E-state index contributed by atoms with van der Waals surface area (Å²) in [5, 5.41) is 24.1. The van der Waals surface area contributed by atoms with Crippen LogP contribution in [0.1, 0.15) is 38.3 Å². The van der Waals surface area contributed by atoms with Crippen LogP contribution in [0.4, 0.5) is 0 Å². The van der Waals surface area contributed by atoms with Gasteiger partial charge in [-0.2, -0.15) is 0 Å². The zero-order valence-electron chi connectivity index (χ0n) is 14.8. The quantitative estimate of drug-likeness (QED) is 0.468. The maximum Gasteiger partial charge on any atom is 0.143 e. The number of benzene rings is 1. The first-order valence-corrected chi connectivity index (χ1v) is 7.16.